The second-order valence-corrected chi connectivity index (χ2v) is 10.1. The number of aryl methyl sites for hydroxylation is 1. The number of aromatic nitrogens is 2. The predicted molar refractivity (Wildman–Crippen MR) is 149 cm³/mol. The van der Waals surface area contributed by atoms with Gasteiger partial charge in [-0.15, -0.1) is 0 Å². The fraction of sp³-hybridized carbons (Fsp3) is 0.286. The molecule has 37 heavy (non-hydrogen) atoms. The van der Waals surface area contributed by atoms with Crippen molar-refractivity contribution in [1.82, 2.24) is 14.9 Å². The fourth-order valence-electron chi connectivity index (χ4n) is 4.05. The van der Waals surface area contributed by atoms with E-state index in [2.05, 4.69) is 15.0 Å². The molecule has 0 saturated heterocycles. The number of nitrogens with zero attached hydrogens (tertiary/aromatic N) is 1. The molecule has 0 aliphatic rings. The second kappa shape index (κ2) is 11.1. The molecule has 0 saturated carbocycles. The van der Waals surface area contributed by atoms with Gasteiger partial charge in [0, 0.05) is 47.7 Å². The number of anilines is 1. The normalized spacial score (nSPS) is 11.2. The number of nitrogens with one attached hydrogen (secondary N) is 3. The summed E-state index contributed by atoms with van der Waals surface area (Å²) in [5.74, 6) is 0.819. The zero-order chi connectivity index (χ0) is 26.7. The highest BCUT2D eigenvalue weighted by atomic mass is 32.2. The van der Waals surface area contributed by atoms with Crippen molar-refractivity contribution in [3.63, 3.8) is 0 Å². The number of carbonyl (C=O) groups excluding carboxylic acids is 1. The maximum absolute atomic E-state index is 15.0. The average molecular weight is 523 g/mol. The van der Waals surface area contributed by atoms with Crippen LogP contribution in [0.5, 0.6) is 11.5 Å². The summed E-state index contributed by atoms with van der Waals surface area (Å²) in [6.07, 6.45) is 1.71. The van der Waals surface area contributed by atoms with E-state index in [0.29, 0.717) is 34.3 Å². The largest absolute Gasteiger partial charge is 0.454 e. The number of benzene rings is 2. The molecule has 2 aromatic carbocycles. The van der Waals surface area contributed by atoms with Gasteiger partial charge in [0.15, 0.2) is 11.6 Å². The summed E-state index contributed by atoms with van der Waals surface area (Å²) in [5, 5.41) is 3.33. The lowest BCUT2D eigenvalue weighted by Crippen LogP contribution is -2.23. The highest BCUT2D eigenvalue weighted by Gasteiger charge is 2.20. The molecule has 1 amide bonds. The second-order valence-electron chi connectivity index (χ2n) is 8.98. The van der Waals surface area contributed by atoms with Crippen molar-refractivity contribution in [1.29, 1.82) is 0 Å². The van der Waals surface area contributed by atoms with Crippen molar-refractivity contribution in [2.45, 2.75) is 33.6 Å². The number of fused-ring (bicyclic) bond motifs is 1. The van der Waals surface area contributed by atoms with Crippen molar-refractivity contribution < 1.29 is 13.9 Å². The number of amides is 1. The summed E-state index contributed by atoms with van der Waals surface area (Å²) in [6, 6.07) is 12.2. The molecule has 0 aliphatic heterocycles. The van der Waals surface area contributed by atoms with Gasteiger partial charge in [-0.05, 0) is 54.8 Å². The van der Waals surface area contributed by atoms with Crippen molar-refractivity contribution in [3.8, 4) is 22.6 Å². The van der Waals surface area contributed by atoms with Gasteiger partial charge in [0.05, 0.1) is 0 Å². The van der Waals surface area contributed by atoms with Crippen LogP contribution < -0.4 is 20.3 Å². The minimum absolute atomic E-state index is 0.104. The molecule has 0 fully saturated rings. The van der Waals surface area contributed by atoms with Crippen LogP contribution in [-0.4, -0.2) is 27.8 Å². The molecule has 2 heterocycles. The molecule has 194 valence electrons. The maximum atomic E-state index is 15.0. The van der Waals surface area contributed by atoms with Crippen LogP contribution in [0.2, 0.25) is 0 Å². The first-order valence-electron chi connectivity index (χ1n) is 12.2. The molecular formula is C28H31FN4O3S. The molecule has 4 aromatic rings. The first kappa shape index (κ1) is 26.3. The van der Waals surface area contributed by atoms with Crippen LogP contribution >= 0.6 is 11.9 Å². The highest BCUT2D eigenvalue weighted by molar-refractivity contribution is 8.00. The number of hydrogen-bond donors (Lipinski definition) is 3. The Kier molecular flexibility index (Phi) is 7.92. The Morgan fingerprint density at radius 2 is 1.86 bits per heavy atom. The predicted octanol–water partition coefficient (Wildman–Crippen LogP) is 6.42. The number of ether oxygens (including phenoxy) is 1. The molecule has 0 atom stereocenters. The van der Waals surface area contributed by atoms with E-state index >= 15 is 0 Å². The maximum Gasteiger partial charge on any atom is 0.274 e. The molecule has 0 spiro atoms. The lowest BCUT2D eigenvalue weighted by molar-refractivity contribution is 0.0951. The molecular weight excluding hydrogens is 491 g/mol. The SMILES string of the molecule is CCNC(=O)c1cc2c(-c3cc(NSCC)ccc3Oc3ccc(C(C)C)cc3F)cn(C)c(=O)c2[nH]1. The van der Waals surface area contributed by atoms with Gasteiger partial charge in [-0.1, -0.05) is 38.8 Å². The average Bonchev–Trinajstić information content (AvgIpc) is 3.33. The first-order chi connectivity index (χ1) is 17.7. The van der Waals surface area contributed by atoms with E-state index in [9.17, 15) is 14.0 Å². The number of halogens is 1. The minimum Gasteiger partial charge on any atom is -0.454 e. The Labute approximate surface area is 219 Å². The van der Waals surface area contributed by atoms with E-state index in [1.165, 1.54) is 22.6 Å². The van der Waals surface area contributed by atoms with Crippen LogP contribution in [0.1, 0.15) is 49.7 Å². The molecule has 0 bridgehead atoms. The van der Waals surface area contributed by atoms with Crippen LogP contribution in [-0.2, 0) is 7.05 Å². The number of rotatable bonds is 9. The van der Waals surface area contributed by atoms with Crippen molar-refractivity contribution >= 4 is 34.4 Å². The fourth-order valence-corrected chi connectivity index (χ4v) is 4.49. The summed E-state index contributed by atoms with van der Waals surface area (Å²) in [7, 11) is 1.65. The van der Waals surface area contributed by atoms with E-state index in [0.717, 1.165) is 17.0 Å². The molecule has 2 aromatic heterocycles. The van der Waals surface area contributed by atoms with E-state index in [1.807, 2.05) is 45.9 Å². The van der Waals surface area contributed by atoms with Crippen molar-refractivity contribution in [2.75, 3.05) is 17.0 Å². The van der Waals surface area contributed by atoms with Crippen LogP contribution in [0.15, 0.2) is 53.5 Å². The number of pyridine rings is 1. The topological polar surface area (TPSA) is 88.2 Å². The number of carbonyl (C=O) groups is 1. The Hall–Kier alpha value is -3.72. The van der Waals surface area contributed by atoms with Crippen LogP contribution in [0.4, 0.5) is 10.1 Å². The molecule has 4 rings (SSSR count). The Bertz CT molecular complexity index is 1510. The Morgan fingerprint density at radius 1 is 1.11 bits per heavy atom. The first-order valence-corrected chi connectivity index (χ1v) is 13.2. The van der Waals surface area contributed by atoms with Gasteiger partial charge in [0.25, 0.3) is 11.5 Å². The Balaban J connectivity index is 1.89. The summed E-state index contributed by atoms with van der Waals surface area (Å²) in [4.78, 5) is 28.4. The molecule has 0 radical (unpaired) electrons. The lowest BCUT2D eigenvalue weighted by atomic mass is 10.0. The number of hydrogen-bond acceptors (Lipinski definition) is 5. The van der Waals surface area contributed by atoms with Gasteiger partial charge in [0.1, 0.15) is 17.0 Å². The van der Waals surface area contributed by atoms with E-state index in [-0.39, 0.29) is 28.8 Å². The van der Waals surface area contributed by atoms with E-state index in [1.54, 1.807) is 31.4 Å². The monoisotopic (exact) mass is 522 g/mol. The molecule has 9 heteroatoms. The van der Waals surface area contributed by atoms with Gasteiger partial charge in [-0.2, -0.15) is 0 Å². The van der Waals surface area contributed by atoms with Crippen molar-refractivity contribution in [2.24, 2.45) is 7.05 Å². The van der Waals surface area contributed by atoms with Gasteiger partial charge < -0.3 is 24.3 Å². The molecule has 7 nitrogen and oxygen atoms in total. The third-order valence-electron chi connectivity index (χ3n) is 5.99. The smallest absolute Gasteiger partial charge is 0.274 e. The standard InChI is InChI=1S/C28H31FN4O3S/c1-6-30-27(34)23-14-20-21(15-33(5)28(35)26(20)31-23)19-13-18(32-37-7-2)9-11-24(19)36-25-10-8-17(16(3)4)12-22(25)29/h8-16,31-32H,6-7H2,1-5H3,(H,30,34). The van der Waals surface area contributed by atoms with E-state index in [4.69, 9.17) is 4.74 Å². The Morgan fingerprint density at radius 3 is 2.54 bits per heavy atom. The summed E-state index contributed by atoms with van der Waals surface area (Å²) in [5.41, 5.74) is 3.36. The van der Waals surface area contributed by atoms with Gasteiger partial charge in [-0.25, -0.2) is 4.39 Å². The summed E-state index contributed by atoms with van der Waals surface area (Å²) >= 11 is 1.54. The van der Waals surface area contributed by atoms with E-state index < -0.39 is 5.82 Å². The third kappa shape index (κ3) is 5.51. The molecule has 0 aliphatic carbocycles. The lowest BCUT2D eigenvalue weighted by Gasteiger charge is -2.16. The molecule has 0 unspecified atom stereocenters. The zero-order valence-electron chi connectivity index (χ0n) is 21.6. The van der Waals surface area contributed by atoms with Crippen LogP contribution in [0.25, 0.3) is 22.0 Å². The van der Waals surface area contributed by atoms with Crippen molar-refractivity contribution in [3.05, 3.63) is 76.1 Å². The third-order valence-corrected chi connectivity index (χ3v) is 6.66. The number of aromatic amines is 1. The highest BCUT2D eigenvalue weighted by Crippen LogP contribution is 2.40. The quantitative estimate of drug-likeness (QED) is 0.221. The van der Waals surface area contributed by atoms with Gasteiger partial charge in [0.2, 0.25) is 0 Å². The summed E-state index contributed by atoms with van der Waals surface area (Å²) < 4.78 is 25.8. The zero-order valence-corrected chi connectivity index (χ0v) is 22.4. The van der Waals surface area contributed by atoms with Gasteiger partial charge in [-0.3, -0.25) is 9.59 Å². The van der Waals surface area contributed by atoms with Gasteiger partial charge >= 0.3 is 0 Å². The van der Waals surface area contributed by atoms with Crippen LogP contribution in [0.3, 0.4) is 0 Å². The summed E-state index contributed by atoms with van der Waals surface area (Å²) in [6.45, 7) is 8.34. The minimum atomic E-state index is -0.452. The number of H-pyrrole nitrogens is 1. The molecule has 3 N–H and O–H groups in total. The van der Waals surface area contributed by atoms with Crippen LogP contribution in [0, 0.1) is 5.82 Å².